The third-order valence-electron chi connectivity index (χ3n) is 3.51. The molecule has 4 nitrogen and oxygen atoms in total. The largest absolute Gasteiger partial charge is 0.493 e. The second-order valence-electron chi connectivity index (χ2n) is 4.73. The van der Waals surface area contributed by atoms with E-state index in [1.165, 1.54) is 0 Å². The number of para-hydroxylation sites is 1. The highest BCUT2D eigenvalue weighted by molar-refractivity contribution is 5.49. The number of methoxy groups -OCH3 is 1. The summed E-state index contributed by atoms with van der Waals surface area (Å²) >= 11 is 0. The van der Waals surface area contributed by atoms with Gasteiger partial charge in [0.25, 0.3) is 0 Å². The van der Waals surface area contributed by atoms with E-state index in [9.17, 15) is 5.11 Å². The van der Waals surface area contributed by atoms with Gasteiger partial charge in [0.05, 0.1) is 13.2 Å². The average Bonchev–Trinajstić information content (AvgIpc) is 2.47. The molecule has 0 radical (unpaired) electrons. The van der Waals surface area contributed by atoms with Crippen LogP contribution in [-0.4, -0.2) is 42.9 Å². The first-order chi connectivity index (χ1) is 9.72. The van der Waals surface area contributed by atoms with Crippen molar-refractivity contribution < 1.29 is 14.6 Å². The zero-order chi connectivity index (χ0) is 14.5. The van der Waals surface area contributed by atoms with Crippen LogP contribution < -0.4 is 9.47 Å². The highest BCUT2D eigenvalue weighted by Crippen LogP contribution is 2.40. The van der Waals surface area contributed by atoms with E-state index in [1.807, 2.05) is 30.4 Å². The van der Waals surface area contributed by atoms with E-state index in [1.54, 1.807) is 7.11 Å². The Labute approximate surface area is 119 Å². The van der Waals surface area contributed by atoms with Gasteiger partial charge >= 0.3 is 0 Å². The fraction of sp³-hybridized carbons (Fsp3) is 0.375. The van der Waals surface area contributed by atoms with Crippen LogP contribution in [0.4, 0.5) is 0 Å². The van der Waals surface area contributed by atoms with Crippen LogP contribution in [-0.2, 0) is 0 Å². The summed E-state index contributed by atoms with van der Waals surface area (Å²) in [6.07, 6.45) is 3.02. The first-order valence-electron chi connectivity index (χ1n) is 6.66. The van der Waals surface area contributed by atoms with E-state index >= 15 is 0 Å². The maximum absolute atomic E-state index is 10.6. The molecule has 1 aliphatic rings. The molecule has 0 aliphatic carbocycles. The lowest BCUT2D eigenvalue weighted by Gasteiger charge is -2.37. The van der Waals surface area contributed by atoms with Crippen molar-refractivity contribution in [2.24, 2.45) is 0 Å². The first kappa shape index (κ1) is 14.6. The molecule has 0 saturated heterocycles. The molecule has 2 unspecified atom stereocenters. The zero-order valence-corrected chi connectivity index (χ0v) is 11.8. The van der Waals surface area contributed by atoms with Gasteiger partial charge in [-0.2, -0.15) is 0 Å². The maximum Gasteiger partial charge on any atom is 0.167 e. The van der Waals surface area contributed by atoms with Gasteiger partial charge in [0.15, 0.2) is 11.5 Å². The van der Waals surface area contributed by atoms with Crippen LogP contribution in [0.2, 0.25) is 0 Å². The molecule has 0 fully saturated rings. The second-order valence-corrected chi connectivity index (χ2v) is 4.73. The fourth-order valence-corrected chi connectivity index (χ4v) is 2.53. The maximum atomic E-state index is 10.6. The zero-order valence-electron chi connectivity index (χ0n) is 11.8. The Balaban J connectivity index is 2.28. The summed E-state index contributed by atoms with van der Waals surface area (Å²) in [7, 11) is 1.60. The molecule has 1 aromatic rings. The van der Waals surface area contributed by atoms with Crippen molar-refractivity contribution in [3.05, 3.63) is 49.1 Å². The molecular weight excluding hydrogens is 254 g/mol. The fourth-order valence-electron chi connectivity index (χ4n) is 2.53. The molecule has 2 atom stereocenters. The van der Waals surface area contributed by atoms with Crippen molar-refractivity contribution in [2.45, 2.75) is 12.1 Å². The van der Waals surface area contributed by atoms with Crippen LogP contribution in [0.5, 0.6) is 11.5 Å². The number of benzene rings is 1. The summed E-state index contributed by atoms with van der Waals surface area (Å²) in [5.41, 5.74) is 0.763. The van der Waals surface area contributed by atoms with Gasteiger partial charge in [-0.3, -0.25) is 4.90 Å². The Morgan fingerprint density at radius 1 is 1.40 bits per heavy atom. The first-order valence-corrected chi connectivity index (χ1v) is 6.66. The minimum Gasteiger partial charge on any atom is -0.493 e. The van der Waals surface area contributed by atoms with Crippen molar-refractivity contribution in [1.82, 2.24) is 4.90 Å². The number of aliphatic hydroxyl groups excluding tert-OH is 1. The van der Waals surface area contributed by atoms with Crippen LogP contribution in [0.3, 0.4) is 0 Å². The van der Waals surface area contributed by atoms with Gasteiger partial charge in [0, 0.05) is 18.7 Å². The molecule has 0 aromatic heterocycles. The highest BCUT2D eigenvalue weighted by Gasteiger charge is 2.34. The van der Waals surface area contributed by atoms with Gasteiger partial charge in [0.2, 0.25) is 0 Å². The minimum atomic E-state index is -0.617. The van der Waals surface area contributed by atoms with Crippen LogP contribution in [0.1, 0.15) is 11.7 Å². The van der Waals surface area contributed by atoms with E-state index < -0.39 is 6.10 Å². The monoisotopic (exact) mass is 275 g/mol. The van der Waals surface area contributed by atoms with Crippen molar-refractivity contribution in [1.29, 1.82) is 0 Å². The van der Waals surface area contributed by atoms with E-state index in [-0.39, 0.29) is 6.04 Å². The van der Waals surface area contributed by atoms with Crippen molar-refractivity contribution in [3.8, 4) is 11.5 Å². The smallest absolute Gasteiger partial charge is 0.167 e. The molecule has 20 heavy (non-hydrogen) atoms. The average molecular weight is 275 g/mol. The summed E-state index contributed by atoms with van der Waals surface area (Å²) in [4.78, 5) is 2.09. The number of fused-ring (bicyclic) bond motifs is 1. The summed E-state index contributed by atoms with van der Waals surface area (Å²) in [6, 6.07) is 5.44. The topological polar surface area (TPSA) is 41.9 Å². The number of ether oxygens (including phenoxy) is 2. The molecule has 0 spiro atoms. The Morgan fingerprint density at radius 3 is 2.70 bits per heavy atom. The van der Waals surface area contributed by atoms with Crippen molar-refractivity contribution in [3.63, 3.8) is 0 Å². The molecule has 2 rings (SSSR count). The Kier molecular flexibility index (Phi) is 4.82. The normalized spacial score (nSPS) is 20.9. The Hall–Kier alpha value is -1.78. The highest BCUT2D eigenvalue weighted by atomic mass is 16.5. The van der Waals surface area contributed by atoms with Gasteiger partial charge in [-0.15, -0.1) is 13.2 Å². The van der Waals surface area contributed by atoms with E-state index in [2.05, 4.69) is 18.1 Å². The molecule has 0 saturated carbocycles. The van der Waals surface area contributed by atoms with Crippen molar-refractivity contribution >= 4 is 0 Å². The molecule has 108 valence electrons. The SMILES string of the molecule is C=CCN(CC=C)C1COc2c(OC)cccc2C1O. The second kappa shape index (κ2) is 6.59. The lowest BCUT2D eigenvalue weighted by molar-refractivity contribution is 0.0123. The van der Waals surface area contributed by atoms with Gasteiger partial charge in [-0.1, -0.05) is 24.3 Å². The number of hydrogen-bond donors (Lipinski definition) is 1. The summed E-state index contributed by atoms with van der Waals surface area (Å²) in [6.45, 7) is 9.28. The number of nitrogens with zero attached hydrogens (tertiary/aromatic N) is 1. The van der Waals surface area contributed by atoms with Crippen molar-refractivity contribution in [2.75, 3.05) is 26.8 Å². The summed E-state index contributed by atoms with van der Waals surface area (Å²) in [5, 5.41) is 10.6. The molecule has 4 heteroatoms. The minimum absolute atomic E-state index is 0.120. The molecule has 1 heterocycles. The summed E-state index contributed by atoms with van der Waals surface area (Å²) in [5.74, 6) is 1.29. The number of aliphatic hydroxyl groups is 1. The van der Waals surface area contributed by atoms with Gasteiger partial charge in [-0.05, 0) is 6.07 Å². The van der Waals surface area contributed by atoms with Crippen LogP contribution in [0.25, 0.3) is 0 Å². The van der Waals surface area contributed by atoms with Gasteiger partial charge in [0.1, 0.15) is 12.7 Å². The van der Waals surface area contributed by atoms with Crippen LogP contribution >= 0.6 is 0 Å². The van der Waals surface area contributed by atoms with Gasteiger partial charge < -0.3 is 14.6 Å². The molecule has 0 bridgehead atoms. The Morgan fingerprint density at radius 2 is 2.10 bits per heavy atom. The molecular formula is C16H21NO3. The third kappa shape index (κ3) is 2.71. The Bertz CT molecular complexity index is 477. The standard InChI is InChI=1S/C16H21NO3/c1-4-9-17(10-5-2)13-11-20-16-12(15(13)18)7-6-8-14(16)19-3/h4-8,13,15,18H,1-2,9-11H2,3H3. The van der Waals surface area contributed by atoms with Gasteiger partial charge in [-0.25, -0.2) is 0 Å². The predicted molar refractivity (Wildman–Crippen MR) is 79.2 cm³/mol. The van der Waals surface area contributed by atoms with Crippen LogP contribution in [0, 0.1) is 0 Å². The number of rotatable bonds is 6. The van der Waals surface area contributed by atoms with E-state index in [4.69, 9.17) is 9.47 Å². The van der Waals surface area contributed by atoms with Crippen LogP contribution in [0.15, 0.2) is 43.5 Å². The lowest BCUT2D eigenvalue weighted by atomic mass is 9.97. The summed E-state index contributed by atoms with van der Waals surface area (Å²) < 4.78 is 11.1. The molecule has 0 amide bonds. The third-order valence-corrected chi connectivity index (χ3v) is 3.51. The molecule has 1 N–H and O–H groups in total. The molecule has 1 aliphatic heterocycles. The lowest BCUT2D eigenvalue weighted by Crippen LogP contribution is -2.46. The van der Waals surface area contributed by atoms with E-state index in [0.717, 1.165) is 5.56 Å². The quantitative estimate of drug-likeness (QED) is 0.808. The number of hydrogen-bond acceptors (Lipinski definition) is 4. The van der Waals surface area contributed by atoms with E-state index in [0.29, 0.717) is 31.2 Å². The predicted octanol–water partition coefficient (Wildman–Crippen LogP) is 2.16. The molecule has 1 aromatic carbocycles.